The van der Waals surface area contributed by atoms with E-state index >= 15 is 0 Å². The van der Waals surface area contributed by atoms with Crippen molar-refractivity contribution in [1.82, 2.24) is 0 Å². The quantitative estimate of drug-likeness (QED) is 0.800. The number of hydrogen-bond donors (Lipinski definition) is 2. The van der Waals surface area contributed by atoms with Crippen LogP contribution in [0.3, 0.4) is 0 Å². The zero-order chi connectivity index (χ0) is 17.5. The lowest BCUT2D eigenvalue weighted by molar-refractivity contribution is -0.114. The summed E-state index contributed by atoms with van der Waals surface area (Å²) in [5.74, 6) is -0.340. The molecule has 0 saturated heterocycles. The maximum atomic E-state index is 13.8. The number of thioether (sulfide) groups is 1. The van der Waals surface area contributed by atoms with Crippen molar-refractivity contribution in [3.63, 3.8) is 0 Å². The van der Waals surface area contributed by atoms with Crippen molar-refractivity contribution in [2.24, 2.45) is 0 Å². The van der Waals surface area contributed by atoms with Gasteiger partial charge in [0.1, 0.15) is 5.82 Å². The first-order chi connectivity index (χ1) is 11.4. The van der Waals surface area contributed by atoms with Gasteiger partial charge in [-0.15, -0.1) is 11.8 Å². The molecule has 24 heavy (non-hydrogen) atoms. The Bertz CT molecular complexity index is 755. The molecule has 0 fully saturated rings. The Morgan fingerprint density at radius 1 is 1.17 bits per heavy atom. The summed E-state index contributed by atoms with van der Waals surface area (Å²) < 4.78 is 13.8. The fourth-order valence-corrected chi connectivity index (χ4v) is 2.96. The molecule has 0 heterocycles. The molecule has 126 valence electrons. The van der Waals surface area contributed by atoms with E-state index in [1.807, 2.05) is 18.2 Å². The molecule has 2 rings (SSSR count). The Labute approximate surface area is 148 Å². The highest BCUT2D eigenvalue weighted by atomic mass is 35.5. The monoisotopic (exact) mass is 366 g/mol. The summed E-state index contributed by atoms with van der Waals surface area (Å²) >= 11 is 7.30. The predicted octanol–water partition coefficient (Wildman–Crippen LogP) is 4.31. The molecule has 0 bridgehead atoms. The molecule has 2 amide bonds. The van der Waals surface area contributed by atoms with Gasteiger partial charge >= 0.3 is 0 Å². The summed E-state index contributed by atoms with van der Waals surface area (Å²) in [4.78, 5) is 23.0. The summed E-state index contributed by atoms with van der Waals surface area (Å²) in [6.07, 6.45) is 0. The molecule has 0 saturated carbocycles. The molecular weight excluding hydrogens is 351 g/mol. The van der Waals surface area contributed by atoms with Gasteiger partial charge in [0.05, 0.1) is 11.4 Å². The Kier molecular flexibility index (Phi) is 6.63. The topological polar surface area (TPSA) is 58.2 Å². The Morgan fingerprint density at radius 3 is 2.67 bits per heavy atom. The van der Waals surface area contributed by atoms with Crippen LogP contribution >= 0.6 is 23.4 Å². The van der Waals surface area contributed by atoms with Crippen molar-refractivity contribution in [3.05, 3.63) is 58.9 Å². The molecule has 2 aromatic rings. The van der Waals surface area contributed by atoms with E-state index in [2.05, 4.69) is 10.6 Å². The van der Waals surface area contributed by atoms with Crippen molar-refractivity contribution in [2.45, 2.75) is 12.7 Å². The van der Waals surface area contributed by atoms with E-state index in [0.717, 1.165) is 5.56 Å². The first-order valence-corrected chi connectivity index (χ1v) is 8.66. The number of nitrogens with one attached hydrogen (secondary N) is 2. The largest absolute Gasteiger partial charge is 0.326 e. The average Bonchev–Trinajstić information content (AvgIpc) is 2.50. The van der Waals surface area contributed by atoms with Gasteiger partial charge in [0, 0.05) is 23.4 Å². The second-order valence-corrected chi connectivity index (χ2v) is 6.47. The zero-order valence-electron chi connectivity index (χ0n) is 12.9. The van der Waals surface area contributed by atoms with Crippen LogP contribution in [0.15, 0.2) is 42.5 Å². The lowest BCUT2D eigenvalue weighted by Gasteiger charge is -2.09. The van der Waals surface area contributed by atoms with Crippen LogP contribution in [0.25, 0.3) is 0 Å². The van der Waals surface area contributed by atoms with Gasteiger partial charge in [-0.3, -0.25) is 9.59 Å². The molecule has 0 aliphatic rings. The SMILES string of the molecule is CC(=O)Nc1ccc(F)c(NC(=O)CSCc2cccc(Cl)c2)c1. The van der Waals surface area contributed by atoms with Crippen LogP contribution in [-0.2, 0) is 15.3 Å². The summed E-state index contributed by atoms with van der Waals surface area (Å²) in [7, 11) is 0. The zero-order valence-corrected chi connectivity index (χ0v) is 14.5. The lowest BCUT2D eigenvalue weighted by Crippen LogP contribution is -2.15. The number of carbonyl (C=O) groups is 2. The average molecular weight is 367 g/mol. The molecule has 7 heteroatoms. The smallest absolute Gasteiger partial charge is 0.234 e. The molecule has 0 unspecified atom stereocenters. The normalized spacial score (nSPS) is 10.3. The molecule has 0 aliphatic heterocycles. The van der Waals surface area contributed by atoms with Crippen LogP contribution in [0, 0.1) is 5.82 Å². The van der Waals surface area contributed by atoms with Crippen molar-refractivity contribution in [2.75, 3.05) is 16.4 Å². The molecule has 0 aromatic heterocycles. The van der Waals surface area contributed by atoms with E-state index in [1.54, 1.807) is 6.07 Å². The van der Waals surface area contributed by atoms with E-state index in [1.165, 1.54) is 36.9 Å². The van der Waals surface area contributed by atoms with E-state index in [0.29, 0.717) is 16.5 Å². The highest BCUT2D eigenvalue weighted by molar-refractivity contribution is 7.99. The van der Waals surface area contributed by atoms with Crippen LogP contribution in [0.2, 0.25) is 5.02 Å². The Morgan fingerprint density at radius 2 is 1.96 bits per heavy atom. The molecule has 0 radical (unpaired) electrons. The third-order valence-electron chi connectivity index (χ3n) is 2.95. The predicted molar refractivity (Wildman–Crippen MR) is 96.9 cm³/mol. The standard InChI is InChI=1S/C17H16ClFN2O2S/c1-11(22)20-14-5-6-15(19)16(8-14)21-17(23)10-24-9-12-3-2-4-13(18)7-12/h2-8H,9-10H2,1H3,(H,20,22)(H,21,23). The van der Waals surface area contributed by atoms with Crippen LogP contribution in [0.5, 0.6) is 0 Å². The molecule has 2 aromatic carbocycles. The van der Waals surface area contributed by atoms with Gasteiger partial charge in [0.25, 0.3) is 0 Å². The Hall–Kier alpha value is -2.05. The summed E-state index contributed by atoms with van der Waals surface area (Å²) in [6.45, 7) is 1.36. The maximum absolute atomic E-state index is 13.8. The number of benzene rings is 2. The van der Waals surface area contributed by atoms with Crippen LogP contribution in [-0.4, -0.2) is 17.6 Å². The number of halogens is 2. The number of hydrogen-bond acceptors (Lipinski definition) is 3. The van der Waals surface area contributed by atoms with E-state index in [9.17, 15) is 14.0 Å². The molecule has 4 nitrogen and oxygen atoms in total. The van der Waals surface area contributed by atoms with Crippen molar-refractivity contribution in [3.8, 4) is 0 Å². The number of carbonyl (C=O) groups excluding carboxylic acids is 2. The van der Waals surface area contributed by atoms with Crippen LogP contribution in [0.1, 0.15) is 12.5 Å². The summed E-state index contributed by atoms with van der Waals surface area (Å²) in [5, 5.41) is 5.70. The fraction of sp³-hybridized carbons (Fsp3) is 0.176. The van der Waals surface area contributed by atoms with Crippen LogP contribution < -0.4 is 10.6 Å². The van der Waals surface area contributed by atoms with Gasteiger partial charge in [-0.05, 0) is 35.9 Å². The molecular formula is C17H16ClFN2O2S. The minimum absolute atomic E-state index is 0.0367. The first-order valence-electron chi connectivity index (χ1n) is 7.13. The summed E-state index contributed by atoms with van der Waals surface area (Å²) in [5.41, 5.74) is 1.47. The third-order valence-corrected chi connectivity index (χ3v) is 4.19. The van der Waals surface area contributed by atoms with E-state index < -0.39 is 5.82 Å². The molecule has 0 aliphatic carbocycles. The molecule has 0 spiro atoms. The summed E-state index contributed by atoms with van der Waals surface area (Å²) in [6, 6.07) is 11.4. The second kappa shape index (κ2) is 8.70. The number of amides is 2. The molecule has 0 atom stereocenters. The van der Waals surface area contributed by atoms with Gasteiger partial charge in [0.15, 0.2) is 0 Å². The van der Waals surface area contributed by atoms with Gasteiger partial charge in [-0.2, -0.15) is 0 Å². The minimum atomic E-state index is -0.558. The van der Waals surface area contributed by atoms with E-state index in [-0.39, 0.29) is 23.3 Å². The van der Waals surface area contributed by atoms with Crippen LogP contribution in [0.4, 0.5) is 15.8 Å². The van der Waals surface area contributed by atoms with Crippen molar-refractivity contribution in [1.29, 1.82) is 0 Å². The number of anilines is 2. The van der Waals surface area contributed by atoms with Gasteiger partial charge in [-0.1, -0.05) is 23.7 Å². The van der Waals surface area contributed by atoms with Gasteiger partial charge in [-0.25, -0.2) is 4.39 Å². The fourth-order valence-electron chi connectivity index (χ4n) is 1.98. The van der Waals surface area contributed by atoms with E-state index in [4.69, 9.17) is 11.6 Å². The maximum Gasteiger partial charge on any atom is 0.234 e. The highest BCUT2D eigenvalue weighted by Gasteiger charge is 2.09. The minimum Gasteiger partial charge on any atom is -0.326 e. The van der Waals surface area contributed by atoms with Crippen molar-refractivity contribution < 1.29 is 14.0 Å². The second-order valence-electron chi connectivity index (χ2n) is 5.05. The van der Waals surface area contributed by atoms with Gasteiger partial charge in [0.2, 0.25) is 11.8 Å². The Balaban J connectivity index is 1.88. The lowest BCUT2D eigenvalue weighted by atomic mass is 10.2. The van der Waals surface area contributed by atoms with Gasteiger partial charge < -0.3 is 10.6 Å². The van der Waals surface area contributed by atoms with Crippen molar-refractivity contribution >= 4 is 46.6 Å². The molecule has 2 N–H and O–H groups in total. The highest BCUT2D eigenvalue weighted by Crippen LogP contribution is 2.21. The first kappa shape index (κ1) is 18.3. The number of rotatable bonds is 6. The third kappa shape index (κ3) is 5.86.